The average Bonchev–Trinajstić information content (AvgIpc) is 3.32. The largest absolute Gasteiger partial charge is 0.397 e. The first kappa shape index (κ1) is 13.9. The molecule has 1 saturated carbocycles. The summed E-state index contributed by atoms with van der Waals surface area (Å²) in [6.45, 7) is 0. The van der Waals surface area contributed by atoms with E-state index in [4.69, 9.17) is 17.3 Å². The summed E-state index contributed by atoms with van der Waals surface area (Å²) in [5.74, 6) is 0.285. The molecule has 5 heteroatoms. The van der Waals surface area contributed by atoms with E-state index in [-0.39, 0.29) is 17.1 Å². The summed E-state index contributed by atoms with van der Waals surface area (Å²) in [4.78, 5) is 16.3. The fraction of sp³-hybridized carbons (Fsp3) is 0.250. The molecule has 0 aliphatic heterocycles. The highest BCUT2D eigenvalue weighted by Gasteiger charge is 2.33. The van der Waals surface area contributed by atoms with E-state index in [1.807, 2.05) is 30.3 Å². The third kappa shape index (κ3) is 3.16. The molecule has 1 aliphatic rings. The second-order valence-electron chi connectivity index (χ2n) is 5.29. The highest BCUT2D eigenvalue weighted by Crippen LogP contribution is 2.41. The Bertz CT molecular complexity index is 656. The van der Waals surface area contributed by atoms with Gasteiger partial charge in [0.2, 0.25) is 0 Å². The molecular formula is C16H16ClN3O. The highest BCUT2D eigenvalue weighted by molar-refractivity contribution is 6.29. The van der Waals surface area contributed by atoms with Crippen LogP contribution in [-0.2, 0) is 0 Å². The predicted octanol–water partition coefficient (Wildman–Crippen LogP) is 3.20. The minimum Gasteiger partial charge on any atom is -0.397 e. The molecule has 1 amide bonds. The molecule has 1 aliphatic carbocycles. The van der Waals surface area contributed by atoms with Gasteiger partial charge in [-0.1, -0.05) is 41.9 Å². The average molecular weight is 302 g/mol. The first-order valence-corrected chi connectivity index (χ1v) is 7.30. The summed E-state index contributed by atoms with van der Waals surface area (Å²) in [7, 11) is 0. The molecular weight excluding hydrogens is 286 g/mol. The van der Waals surface area contributed by atoms with Crippen molar-refractivity contribution in [2.75, 3.05) is 5.73 Å². The number of rotatable bonds is 4. The molecule has 1 aromatic carbocycles. The molecule has 108 valence electrons. The van der Waals surface area contributed by atoms with Gasteiger partial charge in [0.1, 0.15) is 5.15 Å². The molecule has 2 aromatic rings. The monoisotopic (exact) mass is 301 g/mol. The molecule has 4 nitrogen and oxygen atoms in total. The van der Waals surface area contributed by atoms with Crippen LogP contribution in [0.15, 0.2) is 42.6 Å². The second-order valence-corrected chi connectivity index (χ2v) is 5.68. The fourth-order valence-electron chi connectivity index (χ4n) is 2.42. The Labute approximate surface area is 128 Å². The Morgan fingerprint density at radius 3 is 2.71 bits per heavy atom. The van der Waals surface area contributed by atoms with Gasteiger partial charge in [-0.25, -0.2) is 4.98 Å². The fourth-order valence-corrected chi connectivity index (χ4v) is 2.58. The van der Waals surface area contributed by atoms with Crippen LogP contribution < -0.4 is 11.1 Å². The zero-order valence-corrected chi connectivity index (χ0v) is 12.2. The van der Waals surface area contributed by atoms with Crippen LogP contribution in [-0.4, -0.2) is 10.9 Å². The van der Waals surface area contributed by atoms with Crippen molar-refractivity contribution in [2.24, 2.45) is 5.92 Å². The van der Waals surface area contributed by atoms with Gasteiger partial charge in [-0.3, -0.25) is 4.79 Å². The minimum atomic E-state index is -0.211. The number of nitrogen functional groups attached to an aromatic ring is 1. The Kier molecular flexibility index (Phi) is 3.80. The SMILES string of the molecule is Nc1cnc(Cl)cc1C(=O)NC(c1ccccc1)C1CC1. The summed E-state index contributed by atoms with van der Waals surface area (Å²) < 4.78 is 0. The van der Waals surface area contributed by atoms with Gasteiger partial charge in [0.25, 0.3) is 5.91 Å². The van der Waals surface area contributed by atoms with Crippen molar-refractivity contribution in [3.63, 3.8) is 0 Å². The van der Waals surface area contributed by atoms with Crippen LogP contribution in [0.5, 0.6) is 0 Å². The van der Waals surface area contributed by atoms with Gasteiger partial charge in [0.15, 0.2) is 0 Å². The summed E-state index contributed by atoms with van der Waals surface area (Å²) >= 11 is 5.84. The summed E-state index contributed by atoms with van der Waals surface area (Å²) in [5, 5.41) is 3.34. The van der Waals surface area contributed by atoms with Crippen molar-refractivity contribution < 1.29 is 4.79 Å². The van der Waals surface area contributed by atoms with Crippen LogP contribution in [0.4, 0.5) is 5.69 Å². The second kappa shape index (κ2) is 5.74. The normalized spacial score (nSPS) is 15.5. The predicted molar refractivity (Wildman–Crippen MR) is 83.0 cm³/mol. The number of aromatic nitrogens is 1. The third-order valence-electron chi connectivity index (χ3n) is 3.68. The van der Waals surface area contributed by atoms with E-state index in [0.29, 0.717) is 17.2 Å². The molecule has 1 unspecified atom stereocenters. The topological polar surface area (TPSA) is 68.0 Å². The quantitative estimate of drug-likeness (QED) is 0.852. The van der Waals surface area contributed by atoms with Crippen LogP contribution >= 0.6 is 11.6 Å². The lowest BCUT2D eigenvalue weighted by molar-refractivity contribution is 0.0932. The van der Waals surface area contributed by atoms with Crippen molar-refractivity contribution in [2.45, 2.75) is 18.9 Å². The molecule has 1 fully saturated rings. The lowest BCUT2D eigenvalue weighted by atomic mass is 10.0. The number of pyridine rings is 1. The number of halogens is 1. The van der Waals surface area contributed by atoms with Crippen molar-refractivity contribution in [3.05, 3.63) is 58.9 Å². The molecule has 3 rings (SSSR count). The van der Waals surface area contributed by atoms with E-state index in [0.717, 1.165) is 18.4 Å². The third-order valence-corrected chi connectivity index (χ3v) is 3.89. The lowest BCUT2D eigenvalue weighted by Gasteiger charge is -2.19. The Balaban J connectivity index is 1.83. The molecule has 0 radical (unpaired) electrons. The molecule has 3 N–H and O–H groups in total. The Morgan fingerprint density at radius 1 is 1.33 bits per heavy atom. The number of nitrogens with one attached hydrogen (secondary N) is 1. The van der Waals surface area contributed by atoms with Crippen molar-refractivity contribution >= 4 is 23.2 Å². The number of anilines is 1. The first-order chi connectivity index (χ1) is 10.1. The molecule has 0 saturated heterocycles. The number of hydrogen-bond donors (Lipinski definition) is 2. The summed E-state index contributed by atoms with van der Waals surface area (Å²) in [6.07, 6.45) is 3.67. The Morgan fingerprint density at radius 2 is 2.05 bits per heavy atom. The van der Waals surface area contributed by atoms with Gasteiger partial charge in [-0.15, -0.1) is 0 Å². The van der Waals surface area contributed by atoms with E-state index >= 15 is 0 Å². The van der Waals surface area contributed by atoms with E-state index in [1.165, 1.54) is 12.3 Å². The zero-order valence-electron chi connectivity index (χ0n) is 11.4. The molecule has 1 heterocycles. The van der Waals surface area contributed by atoms with E-state index in [9.17, 15) is 4.79 Å². The summed E-state index contributed by atoms with van der Waals surface area (Å²) in [6, 6.07) is 11.5. The number of nitrogens with two attached hydrogens (primary N) is 1. The van der Waals surface area contributed by atoms with Crippen molar-refractivity contribution in [3.8, 4) is 0 Å². The van der Waals surface area contributed by atoms with Crippen LogP contribution in [0, 0.1) is 5.92 Å². The van der Waals surface area contributed by atoms with Gasteiger partial charge < -0.3 is 11.1 Å². The first-order valence-electron chi connectivity index (χ1n) is 6.92. The molecule has 1 aromatic heterocycles. The number of benzene rings is 1. The van der Waals surface area contributed by atoms with Crippen LogP contribution in [0.2, 0.25) is 5.15 Å². The molecule has 21 heavy (non-hydrogen) atoms. The highest BCUT2D eigenvalue weighted by atomic mass is 35.5. The zero-order chi connectivity index (χ0) is 14.8. The van der Waals surface area contributed by atoms with Gasteiger partial charge in [0.05, 0.1) is 23.5 Å². The maximum Gasteiger partial charge on any atom is 0.254 e. The van der Waals surface area contributed by atoms with Gasteiger partial charge in [-0.2, -0.15) is 0 Å². The van der Waals surface area contributed by atoms with E-state index in [2.05, 4.69) is 10.3 Å². The van der Waals surface area contributed by atoms with Gasteiger partial charge in [-0.05, 0) is 30.4 Å². The number of nitrogens with zero attached hydrogens (tertiary/aromatic N) is 1. The van der Waals surface area contributed by atoms with Crippen LogP contribution in [0.25, 0.3) is 0 Å². The lowest BCUT2D eigenvalue weighted by Crippen LogP contribution is -2.30. The smallest absolute Gasteiger partial charge is 0.254 e. The molecule has 0 spiro atoms. The van der Waals surface area contributed by atoms with Gasteiger partial charge in [0, 0.05) is 0 Å². The number of amides is 1. The van der Waals surface area contributed by atoms with E-state index in [1.54, 1.807) is 0 Å². The van der Waals surface area contributed by atoms with Gasteiger partial charge >= 0.3 is 0 Å². The van der Waals surface area contributed by atoms with Crippen LogP contribution in [0.1, 0.15) is 34.8 Å². The molecule has 0 bridgehead atoms. The van der Waals surface area contributed by atoms with Crippen LogP contribution in [0.3, 0.4) is 0 Å². The maximum atomic E-state index is 12.5. The number of carbonyl (C=O) groups excluding carboxylic acids is 1. The maximum absolute atomic E-state index is 12.5. The Hall–Kier alpha value is -2.07. The summed E-state index contributed by atoms with van der Waals surface area (Å²) in [5.41, 5.74) is 7.64. The van der Waals surface area contributed by atoms with Crippen molar-refractivity contribution in [1.82, 2.24) is 10.3 Å². The number of hydrogen-bond acceptors (Lipinski definition) is 3. The molecule has 1 atom stereocenters. The van der Waals surface area contributed by atoms with E-state index < -0.39 is 0 Å². The van der Waals surface area contributed by atoms with Crippen molar-refractivity contribution in [1.29, 1.82) is 0 Å². The number of carbonyl (C=O) groups is 1. The standard InChI is InChI=1S/C16H16ClN3O/c17-14-8-12(13(18)9-19-14)16(21)20-15(11-6-7-11)10-4-2-1-3-5-10/h1-5,8-9,11,15H,6-7,18H2,(H,20,21). The minimum absolute atomic E-state index is 0.0186.